The Balaban J connectivity index is 0.000000190. The van der Waals surface area contributed by atoms with E-state index in [1.165, 1.54) is 21.9 Å². The van der Waals surface area contributed by atoms with Crippen LogP contribution in [-0.4, -0.2) is 182 Å². The minimum Gasteiger partial charge on any atom is -0.497 e. The summed E-state index contributed by atoms with van der Waals surface area (Å²) < 4.78 is 112. The Kier molecular flexibility index (Phi) is 27.6. The average Bonchev–Trinajstić information content (AvgIpc) is 1.58. The predicted octanol–water partition coefficient (Wildman–Crippen LogP) is 7.75. The Morgan fingerprint density at radius 1 is 0.542 bits per heavy atom. The van der Waals surface area contributed by atoms with Crippen molar-refractivity contribution >= 4 is 96.3 Å². The molecule has 0 bridgehead atoms. The highest BCUT2D eigenvalue weighted by Gasteiger charge is 2.64. The van der Waals surface area contributed by atoms with Crippen LogP contribution in [0.5, 0.6) is 11.5 Å². The molecule has 636 valence electrons. The first-order valence-corrected chi connectivity index (χ1v) is 44.0. The summed E-state index contributed by atoms with van der Waals surface area (Å²) in [4.78, 5) is 151. The summed E-state index contributed by atoms with van der Waals surface area (Å²) in [7, 11) is -4.69. The van der Waals surface area contributed by atoms with E-state index in [0.717, 1.165) is 48.1 Å². The number of methoxy groups -OCH3 is 2. The van der Waals surface area contributed by atoms with Crippen molar-refractivity contribution in [1.82, 2.24) is 40.5 Å². The van der Waals surface area contributed by atoms with Gasteiger partial charge < -0.3 is 54.8 Å². The van der Waals surface area contributed by atoms with E-state index in [-0.39, 0.29) is 76.1 Å². The fraction of sp³-hybridized carbons (Fsp3) is 0.541. The van der Waals surface area contributed by atoms with Crippen molar-refractivity contribution in [3.63, 3.8) is 0 Å². The zero-order chi connectivity index (χ0) is 84.6. The number of esters is 2. The molecule has 0 radical (unpaired) electrons. The van der Waals surface area contributed by atoms with E-state index in [1.807, 2.05) is 36.4 Å². The maximum absolute atomic E-state index is 14.5. The van der Waals surface area contributed by atoms with Gasteiger partial charge in [-0.2, -0.15) is 0 Å². The molecule has 8 amide bonds. The van der Waals surface area contributed by atoms with Crippen LogP contribution >= 0.6 is 11.6 Å². The number of sulfonamides is 2. The van der Waals surface area contributed by atoms with Crippen LogP contribution in [0.15, 0.2) is 109 Å². The molecule has 4 aliphatic heterocycles. The van der Waals surface area contributed by atoms with E-state index in [1.54, 1.807) is 95.7 Å². The Morgan fingerprint density at radius 3 is 1.35 bits per heavy atom. The number of halogens is 3. The number of benzene rings is 4. The van der Waals surface area contributed by atoms with Gasteiger partial charge in [0.15, 0.2) is 0 Å². The molecule has 0 spiro atoms. The molecular formula is C85H103ClF2N8O20S2. The van der Waals surface area contributed by atoms with Crippen molar-refractivity contribution in [2.24, 2.45) is 23.7 Å². The second kappa shape index (κ2) is 37.2. The first-order chi connectivity index (χ1) is 56.1. The van der Waals surface area contributed by atoms with Crippen LogP contribution in [0.3, 0.4) is 0 Å². The number of carbonyl (C=O) groups excluding carboxylic acids is 11. The molecule has 118 heavy (non-hydrogen) atoms. The molecule has 6 N–H and O–H groups in total. The minimum absolute atomic E-state index is 0.00409. The third-order valence-corrected chi connectivity index (χ3v) is 27.0. The quantitative estimate of drug-likeness (QED) is 0.0240. The van der Waals surface area contributed by atoms with Gasteiger partial charge in [0, 0.05) is 31.1 Å². The Bertz CT molecular complexity index is 4790. The van der Waals surface area contributed by atoms with E-state index in [2.05, 4.69) is 30.7 Å². The molecule has 12 atom stereocenters. The lowest BCUT2D eigenvalue weighted by Gasteiger charge is -2.30. The summed E-state index contributed by atoms with van der Waals surface area (Å²) in [6.07, 6.45) is 14.1. The van der Waals surface area contributed by atoms with E-state index >= 15 is 0 Å². The second-order valence-electron chi connectivity index (χ2n) is 33.3. The van der Waals surface area contributed by atoms with Crippen molar-refractivity contribution in [2.75, 3.05) is 27.3 Å². The summed E-state index contributed by atoms with van der Waals surface area (Å²) in [5, 5.41) is 9.51. The van der Waals surface area contributed by atoms with Crippen LogP contribution < -0.4 is 40.2 Å². The van der Waals surface area contributed by atoms with Gasteiger partial charge in [0.1, 0.15) is 76.2 Å². The maximum Gasteiger partial charge on any atom is 0.408 e. The molecule has 6 fully saturated rings. The SMILES string of the molecule is CC(C)(C)OC(=O)N[C@H]1CCCCC/C=C\C2C[C@@]2(C(=O)NS(=O)(=O)C2CC2)NC(=O)C2C[C@@H](OC(=O)C3Cc4cccc(F)c4C3)CN2C1=O.COc1ccc(CC(=O)Cl)cc1.COc1ccc(CC(=O)N[C@H]2CCCCC/C=C\C3C[C@@]3(C(=O)NS(=O)(=O)C3CC3)NC(=O)C3C[C@@H](OC(=O)C4Cc5cccc(F)c5C4)CN3C2=O)cc1. The number of nitrogens with one attached hydrogen (secondary N) is 6. The molecule has 6 unspecified atom stereocenters. The third kappa shape index (κ3) is 22.0. The van der Waals surface area contributed by atoms with Crippen molar-refractivity contribution in [3.8, 4) is 11.5 Å². The number of carbonyl (C=O) groups is 11. The number of hydrogen-bond donors (Lipinski definition) is 6. The summed E-state index contributed by atoms with van der Waals surface area (Å²) in [6, 6.07) is 19.2. The smallest absolute Gasteiger partial charge is 0.408 e. The molecule has 6 aliphatic carbocycles. The van der Waals surface area contributed by atoms with Gasteiger partial charge in [-0.25, -0.2) is 30.4 Å². The van der Waals surface area contributed by atoms with Gasteiger partial charge in [-0.15, -0.1) is 0 Å². The van der Waals surface area contributed by atoms with E-state index in [9.17, 15) is 78.4 Å². The Labute approximate surface area is 690 Å². The highest BCUT2D eigenvalue weighted by Crippen LogP contribution is 2.48. The van der Waals surface area contributed by atoms with Gasteiger partial charge in [-0.05, 0) is 205 Å². The molecule has 4 aromatic carbocycles. The Morgan fingerprint density at radius 2 is 0.958 bits per heavy atom. The van der Waals surface area contributed by atoms with E-state index < -0.39 is 178 Å². The van der Waals surface area contributed by atoms with Crippen molar-refractivity contribution < 1.29 is 102 Å². The number of allylic oxidation sites excluding steroid dienone is 2. The van der Waals surface area contributed by atoms with Gasteiger partial charge in [0.2, 0.25) is 54.8 Å². The highest BCUT2D eigenvalue weighted by molar-refractivity contribution is 7.91. The van der Waals surface area contributed by atoms with Crippen molar-refractivity contribution in [2.45, 2.75) is 238 Å². The highest BCUT2D eigenvalue weighted by atomic mass is 35.5. The fourth-order valence-corrected chi connectivity index (χ4v) is 19.2. The second-order valence-corrected chi connectivity index (χ2v) is 37.7. The summed E-state index contributed by atoms with van der Waals surface area (Å²) in [5.74, 6) is -7.32. The molecule has 10 aliphatic rings. The molecule has 4 heterocycles. The zero-order valence-corrected chi connectivity index (χ0v) is 69.1. The summed E-state index contributed by atoms with van der Waals surface area (Å²) >= 11 is 5.22. The van der Waals surface area contributed by atoms with Crippen LogP contribution in [0, 0.1) is 35.3 Å². The molecule has 4 aromatic rings. The minimum atomic E-state index is -3.92. The van der Waals surface area contributed by atoms with Gasteiger partial charge in [0.05, 0.1) is 56.1 Å². The van der Waals surface area contributed by atoms with Crippen LogP contribution in [0.4, 0.5) is 13.6 Å². The van der Waals surface area contributed by atoms with Crippen LogP contribution in [0.2, 0.25) is 0 Å². The first kappa shape index (κ1) is 87.5. The number of nitrogens with zero attached hydrogens (tertiary/aromatic N) is 2. The Hall–Kier alpha value is -9.82. The number of fused-ring (bicyclic) bond motifs is 6. The monoisotopic (exact) mass is 1690 g/mol. The lowest BCUT2D eigenvalue weighted by atomic mass is 10.0. The van der Waals surface area contributed by atoms with Crippen LogP contribution in [0.25, 0.3) is 0 Å². The lowest BCUT2D eigenvalue weighted by molar-refractivity contribution is -0.154. The first-order valence-electron chi connectivity index (χ1n) is 40.5. The predicted molar refractivity (Wildman–Crippen MR) is 427 cm³/mol. The third-order valence-electron chi connectivity index (χ3n) is 23.2. The molecule has 0 aromatic heterocycles. The standard InChI is InChI=1S/C40H47FN4O9S.C36H47FN4O9S.C9H9ClO2/c1-53-28-14-12-24(13-15-28)18-35(46)42-33-11-6-4-2-3-5-9-27-22-40(27,39(50)44-55(51,52)30-16-17-30)43-36(47)34-21-29(23-45(34)37(33)48)54-38(49)26-19-25-8-7-10-32(41)31(25)20-26;1-35(2,3)50-34(46)38-28-13-8-6-4-5-7-11-23-19-36(23,33(45)40-51(47,48)25-14-15-25)39-30(42)29-18-24(20-41(29)31(28)43)49-32(44)22-16-21-10-9-12-27(37)26(21)17-22;1-12-8-4-2-7(3-5-8)6-9(10)11/h5,7-10,12-15,26-27,29-30,33-34H,2-4,6,11,16-23H2,1H3,(H,42,46)(H,43,47)(H,44,50);7,9-12,22-25,28-29H,4-6,8,13-20H2,1-3H3,(H,38,46)(H,39,42)(H,40,45);2-5H,6H2,1H3/b9-5-;11-7-;/t26?,27?,29-,33+,34?,40-;22?,23?,24-,28+,29?,36-;/m11./s1. The number of ether oxygens (including phenoxy) is 5. The molecule has 14 rings (SSSR count). The fourth-order valence-electron chi connectivity index (χ4n) is 16.3. The maximum atomic E-state index is 14.5. The molecule has 28 nitrogen and oxygen atoms in total. The number of hydrogen-bond acceptors (Lipinski definition) is 20. The average molecular weight is 1690 g/mol. The van der Waals surface area contributed by atoms with Gasteiger partial charge >= 0.3 is 18.0 Å². The molecular weight excluding hydrogens is 1590 g/mol. The number of amides is 8. The molecule has 33 heteroatoms. The van der Waals surface area contributed by atoms with Crippen molar-refractivity contribution in [3.05, 3.63) is 154 Å². The molecule has 4 saturated carbocycles. The van der Waals surface area contributed by atoms with E-state index in [0.29, 0.717) is 93.1 Å². The largest absolute Gasteiger partial charge is 0.497 e. The van der Waals surface area contributed by atoms with Crippen LogP contribution in [-0.2, 0) is 121 Å². The van der Waals surface area contributed by atoms with Gasteiger partial charge in [0.25, 0.3) is 11.8 Å². The van der Waals surface area contributed by atoms with Gasteiger partial charge in [-0.1, -0.05) is 98.5 Å². The lowest BCUT2D eigenvalue weighted by Crippen LogP contribution is -2.58. The number of rotatable bonds is 18. The topological polar surface area (TPSA) is 381 Å². The number of alkyl carbamates (subject to hydrolysis) is 1. The van der Waals surface area contributed by atoms with Crippen LogP contribution in [0.1, 0.15) is 170 Å². The summed E-state index contributed by atoms with van der Waals surface area (Å²) in [6.45, 7) is 4.77. The van der Waals surface area contributed by atoms with Gasteiger partial charge in [-0.3, -0.25) is 57.4 Å². The zero-order valence-electron chi connectivity index (χ0n) is 66.7. The normalized spacial score (nSPS) is 27.4. The van der Waals surface area contributed by atoms with Crippen molar-refractivity contribution in [1.29, 1.82) is 0 Å². The molecule has 2 saturated heterocycles. The summed E-state index contributed by atoms with van der Waals surface area (Å²) in [5.41, 5.74) is 0.0520. The van der Waals surface area contributed by atoms with E-state index in [4.69, 9.17) is 35.3 Å².